The van der Waals surface area contributed by atoms with Crippen LogP contribution in [0.5, 0.6) is 0 Å². The minimum Gasteiger partial charge on any atom is -0.348 e. The number of hydrogen-bond acceptors (Lipinski definition) is 3. The molecule has 1 amide bonds. The molecule has 0 saturated heterocycles. The highest BCUT2D eigenvalue weighted by Crippen LogP contribution is 2.00. The van der Waals surface area contributed by atoms with Crippen LogP contribution < -0.4 is 5.32 Å². The number of amides is 1. The SMILES string of the molecule is O=C(NCc1ccncc1)c1ccc(F)nc1. The molecule has 0 aromatic carbocycles. The maximum Gasteiger partial charge on any atom is 0.253 e. The van der Waals surface area contributed by atoms with Gasteiger partial charge >= 0.3 is 0 Å². The van der Waals surface area contributed by atoms with Gasteiger partial charge in [0, 0.05) is 25.1 Å². The highest BCUT2D eigenvalue weighted by molar-refractivity contribution is 5.93. The fraction of sp³-hybridized carbons (Fsp3) is 0.0833. The summed E-state index contributed by atoms with van der Waals surface area (Å²) in [6, 6.07) is 6.16. The van der Waals surface area contributed by atoms with E-state index in [0.29, 0.717) is 12.1 Å². The Morgan fingerprint density at radius 1 is 1.24 bits per heavy atom. The van der Waals surface area contributed by atoms with Crippen molar-refractivity contribution >= 4 is 5.91 Å². The molecule has 0 unspecified atom stereocenters. The van der Waals surface area contributed by atoms with E-state index in [1.54, 1.807) is 12.4 Å². The highest BCUT2D eigenvalue weighted by atomic mass is 19.1. The Kier molecular flexibility index (Phi) is 3.40. The number of nitrogens with zero attached hydrogens (tertiary/aromatic N) is 2. The average Bonchev–Trinajstić information content (AvgIpc) is 2.38. The number of aromatic nitrogens is 2. The third-order valence-corrected chi connectivity index (χ3v) is 2.19. The number of carbonyl (C=O) groups excluding carboxylic acids is 1. The third kappa shape index (κ3) is 3.07. The van der Waals surface area contributed by atoms with E-state index in [0.717, 1.165) is 11.6 Å². The lowest BCUT2D eigenvalue weighted by Gasteiger charge is -2.04. The number of hydrogen-bond donors (Lipinski definition) is 1. The van der Waals surface area contributed by atoms with Gasteiger partial charge in [-0.15, -0.1) is 0 Å². The smallest absolute Gasteiger partial charge is 0.253 e. The van der Waals surface area contributed by atoms with E-state index >= 15 is 0 Å². The first-order valence-electron chi connectivity index (χ1n) is 5.04. The normalized spacial score (nSPS) is 9.94. The first-order valence-corrected chi connectivity index (χ1v) is 5.04. The molecule has 0 radical (unpaired) electrons. The van der Waals surface area contributed by atoms with Crippen LogP contribution in [-0.4, -0.2) is 15.9 Å². The molecule has 0 fully saturated rings. The summed E-state index contributed by atoms with van der Waals surface area (Å²) in [5.41, 5.74) is 1.28. The number of halogens is 1. The second-order valence-corrected chi connectivity index (χ2v) is 3.41. The molecular weight excluding hydrogens is 221 g/mol. The molecule has 4 nitrogen and oxygen atoms in total. The van der Waals surface area contributed by atoms with Gasteiger partial charge in [0.2, 0.25) is 5.95 Å². The van der Waals surface area contributed by atoms with Crippen molar-refractivity contribution in [1.29, 1.82) is 0 Å². The highest BCUT2D eigenvalue weighted by Gasteiger charge is 2.05. The Morgan fingerprint density at radius 2 is 2.00 bits per heavy atom. The van der Waals surface area contributed by atoms with Gasteiger partial charge in [-0.2, -0.15) is 4.39 Å². The summed E-state index contributed by atoms with van der Waals surface area (Å²) < 4.78 is 12.6. The number of nitrogens with one attached hydrogen (secondary N) is 1. The number of rotatable bonds is 3. The van der Waals surface area contributed by atoms with Gasteiger partial charge in [-0.1, -0.05) is 0 Å². The minimum absolute atomic E-state index is 0.283. The third-order valence-electron chi connectivity index (χ3n) is 2.19. The van der Waals surface area contributed by atoms with Crippen LogP contribution in [0.2, 0.25) is 0 Å². The average molecular weight is 231 g/mol. The number of pyridine rings is 2. The molecule has 0 spiro atoms. The van der Waals surface area contributed by atoms with Crippen molar-refractivity contribution in [1.82, 2.24) is 15.3 Å². The second kappa shape index (κ2) is 5.16. The molecule has 0 atom stereocenters. The standard InChI is InChI=1S/C12H10FN3O/c13-11-2-1-10(8-15-11)12(17)16-7-9-3-5-14-6-4-9/h1-6,8H,7H2,(H,16,17). The quantitative estimate of drug-likeness (QED) is 0.815. The van der Waals surface area contributed by atoms with E-state index in [1.165, 1.54) is 12.3 Å². The Hall–Kier alpha value is -2.30. The van der Waals surface area contributed by atoms with Crippen molar-refractivity contribution in [3.8, 4) is 0 Å². The van der Waals surface area contributed by atoms with Gasteiger partial charge < -0.3 is 5.32 Å². The van der Waals surface area contributed by atoms with E-state index in [1.807, 2.05) is 12.1 Å². The molecule has 0 aliphatic heterocycles. The maximum atomic E-state index is 12.6. The van der Waals surface area contributed by atoms with Crippen LogP contribution in [0.4, 0.5) is 4.39 Å². The second-order valence-electron chi connectivity index (χ2n) is 3.41. The van der Waals surface area contributed by atoms with Crippen molar-refractivity contribution in [3.63, 3.8) is 0 Å². The molecular formula is C12H10FN3O. The van der Waals surface area contributed by atoms with E-state index < -0.39 is 5.95 Å². The molecule has 2 aromatic heterocycles. The van der Waals surface area contributed by atoms with Crippen LogP contribution in [0.15, 0.2) is 42.9 Å². The van der Waals surface area contributed by atoms with Crippen molar-refractivity contribution in [2.45, 2.75) is 6.54 Å². The molecule has 0 aliphatic rings. The topological polar surface area (TPSA) is 54.9 Å². The molecule has 2 rings (SSSR count). The molecule has 2 heterocycles. The molecule has 0 aliphatic carbocycles. The molecule has 86 valence electrons. The predicted molar refractivity (Wildman–Crippen MR) is 59.6 cm³/mol. The Bertz CT molecular complexity index is 499. The molecule has 0 saturated carbocycles. The zero-order chi connectivity index (χ0) is 12.1. The van der Waals surface area contributed by atoms with Gasteiger partial charge in [0.05, 0.1) is 5.56 Å². The summed E-state index contributed by atoms with van der Waals surface area (Å²) in [5, 5.41) is 2.71. The maximum absolute atomic E-state index is 12.6. The predicted octanol–water partition coefficient (Wildman–Crippen LogP) is 1.55. The van der Waals surface area contributed by atoms with Crippen molar-refractivity contribution < 1.29 is 9.18 Å². The zero-order valence-electron chi connectivity index (χ0n) is 8.93. The monoisotopic (exact) mass is 231 g/mol. The summed E-state index contributed by atoms with van der Waals surface area (Å²) in [6.07, 6.45) is 4.51. The van der Waals surface area contributed by atoms with Crippen LogP contribution in [0, 0.1) is 5.95 Å². The van der Waals surface area contributed by atoms with Crippen LogP contribution in [0.25, 0.3) is 0 Å². The zero-order valence-corrected chi connectivity index (χ0v) is 8.93. The lowest BCUT2D eigenvalue weighted by atomic mass is 10.2. The van der Waals surface area contributed by atoms with E-state index in [4.69, 9.17) is 0 Å². The lowest BCUT2D eigenvalue weighted by Crippen LogP contribution is -2.22. The summed E-state index contributed by atoms with van der Waals surface area (Å²) in [6.45, 7) is 0.402. The van der Waals surface area contributed by atoms with E-state index in [-0.39, 0.29) is 5.91 Å². The molecule has 2 aromatic rings. The molecule has 17 heavy (non-hydrogen) atoms. The fourth-order valence-corrected chi connectivity index (χ4v) is 1.30. The van der Waals surface area contributed by atoms with Crippen molar-refractivity contribution in [2.24, 2.45) is 0 Å². The van der Waals surface area contributed by atoms with Gasteiger partial charge in [-0.25, -0.2) is 4.98 Å². The van der Waals surface area contributed by atoms with Crippen LogP contribution in [0.1, 0.15) is 15.9 Å². The van der Waals surface area contributed by atoms with Gasteiger partial charge in [0.1, 0.15) is 0 Å². The van der Waals surface area contributed by atoms with E-state index in [2.05, 4.69) is 15.3 Å². The Labute approximate surface area is 97.5 Å². The van der Waals surface area contributed by atoms with Gasteiger partial charge in [0.25, 0.3) is 5.91 Å². The van der Waals surface area contributed by atoms with Gasteiger partial charge in [0.15, 0.2) is 0 Å². The molecule has 5 heteroatoms. The summed E-state index contributed by atoms with van der Waals surface area (Å²) >= 11 is 0. The van der Waals surface area contributed by atoms with Gasteiger partial charge in [-0.05, 0) is 29.8 Å². The van der Waals surface area contributed by atoms with Gasteiger partial charge in [-0.3, -0.25) is 9.78 Å². The fourth-order valence-electron chi connectivity index (χ4n) is 1.30. The molecule has 0 bridgehead atoms. The van der Waals surface area contributed by atoms with Crippen molar-refractivity contribution in [3.05, 3.63) is 59.9 Å². The van der Waals surface area contributed by atoms with Crippen LogP contribution >= 0.6 is 0 Å². The number of carbonyl (C=O) groups is 1. The van der Waals surface area contributed by atoms with E-state index in [9.17, 15) is 9.18 Å². The first kappa shape index (κ1) is 11.2. The minimum atomic E-state index is -0.601. The Balaban J connectivity index is 1.96. The lowest BCUT2D eigenvalue weighted by molar-refractivity contribution is 0.0950. The van der Waals surface area contributed by atoms with Crippen LogP contribution in [0.3, 0.4) is 0 Å². The van der Waals surface area contributed by atoms with Crippen molar-refractivity contribution in [2.75, 3.05) is 0 Å². The summed E-state index contributed by atoms with van der Waals surface area (Å²) in [7, 11) is 0. The summed E-state index contributed by atoms with van der Waals surface area (Å²) in [5.74, 6) is -0.884. The summed E-state index contributed by atoms with van der Waals surface area (Å²) in [4.78, 5) is 18.9. The molecule has 1 N–H and O–H groups in total. The largest absolute Gasteiger partial charge is 0.348 e. The van der Waals surface area contributed by atoms with Crippen LogP contribution in [-0.2, 0) is 6.54 Å². The first-order chi connectivity index (χ1) is 8.25. The Morgan fingerprint density at radius 3 is 2.65 bits per heavy atom.